The molecule has 92 valence electrons. The second kappa shape index (κ2) is 5.96. The summed E-state index contributed by atoms with van der Waals surface area (Å²) in [6.07, 6.45) is 3.78. The lowest BCUT2D eigenvalue weighted by Gasteiger charge is -2.14. The van der Waals surface area contributed by atoms with Crippen LogP contribution in [-0.4, -0.2) is 10.9 Å². The van der Waals surface area contributed by atoms with Gasteiger partial charge in [0, 0.05) is 12.4 Å². The Bertz CT molecular complexity index is 496. The molecule has 2 rings (SSSR count). The van der Waals surface area contributed by atoms with E-state index in [-0.39, 0.29) is 11.9 Å². The number of carbonyl (C=O) groups excluding carboxylic acids is 1. The first-order chi connectivity index (χ1) is 8.75. The number of rotatable bonds is 4. The smallest absolute Gasteiger partial charge is 0.224 e. The van der Waals surface area contributed by atoms with Crippen molar-refractivity contribution in [2.24, 2.45) is 0 Å². The Balaban J connectivity index is 1.92. The lowest BCUT2D eigenvalue weighted by atomic mass is 10.1. The van der Waals surface area contributed by atoms with Crippen LogP contribution in [0.4, 0.5) is 0 Å². The van der Waals surface area contributed by atoms with E-state index in [2.05, 4.69) is 10.3 Å². The van der Waals surface area contributed by atoms with Crippen molar-refractivity contribution in [3.8, 4) is 0 Å². The minimum absolute atomic E-state index is 0.0255. The minimum Gasteiger partial charge on any atom is -0.349 e. The Morgan fingerprint density at radius 3 is 2.50 bits per heavy atom. The highest BCUT2D eigenvalue weighted by Gasteiger charge is 2.09. The third-order valence-electron chi connectivity index (χ3n) is 2.79. The second-order valence-electron chi connectivity index (χ2n) is 4.23. The Labute approximate surface area is 107 Å². The summed E-state index contributed by atoms with van der Waals surface area (Å²) in [6, 6.07) is 13.7. The molecule has 1 N–H and O–H groups in total. The monoisotopic (exact) mass is 240 g/mol. The molecular weight excluding hydrogens is 224 g/mol. The van der Waals surface area contributed by atoms with E-state index in [1.165, 1.54) is 0 Å². The van der Waals surface area contributed by atoms with Crippen LogP contribution in [0.15, 0.2) is 54.9 Å². The number of pyridine rings is 1. The molecule has 0 fully saturated rings. The molecule has 1 aromatic carbocycles. The zero-order chi connectivity index (χ0) is 12.8. The van der Waals surface area contributed by atoms with E-state index in [0.717, 1.165) is 11.1 Å². The van der Waals surface area contributed by atoms with E-state index in [1.54, 1.807) is 12.4 Å². The standard InChI is InChI=1S/C15H16N2O/c1-12(14-5-3-2-4-6-14)17-15(18)11-13-7-9-16-10-8-13/h2-10,12H,11H2,1H3,(H,17,18). The Morgan fingerprint density at radius 2 is 1.83 bits per heavy atom. The summed E-state index contributed by atoms with van der Waals surface area (Å²) in [5.74, 6) is 0.0255. The van der Waals surface area contributed by atoms with E-state index < -0.39 is 0 Å². The van der Waals surface area contributed by atoms with E-state index in [4.69, 9.17) is 0 Å². The van der Waals surface area contributed by atoms with Gasteiger partial charge in [-0.2, -0.15) is 0 Å². The number of carbonyl (C=O) groups is 1. The van der Waals surface area contributed by atoms with Crippen molar-refractivity contribution in [3.05, 3.63) is 66.0 Å². The summed E-state index contributed by atoms with van der Waals surface area (Å²) in [5, 5.41) is 2.99. The molecule has 0 radical (unpaired) electrons. The van der Waals surface area contributed by atoms with Crippen LogP contribution < -0.4 is 5.32 Å². The van der Waals surface area contributed by atoms with Gasteiger partial charge in [-0.1, -0.05) is 30.3 Å². The maximum atomic E-state index is 11.9. The van der Waals surface area contributed by atoms with Crippen molar-refractivity contribution in [3.63, 3.8) is 0 Å². The topological polar surface area (TPSA) is 42.0 Å². The minimum atomic E-state index is 0.0255. The van der Waals surface area contributed by atoms with Crippen LogP contribution in [0, 0.1) is 0 Å². The van der Waals surface area contributed by atoms with Crippen molar-refractivity contribution in [1.29, 1.82) is 0 Å². The normalized spacial score (nSPS) is 11.8. The van der Waals surface area contributed by atoms with Crippen molar-refractivity contribution in [2.75, 3.05) is 0 Å². The maximum Gasteiger partial charge on any atom is 0.224 e. The number of aromatic nitrogens is 1. The first-order valence-corrected chi connectivity index (χ1v) is 5.99. The third kappa shape index (κ3) is 3.42. The SMILES string of the molecule is CC(NC(=O)Cc1ccncc1)c1ccccc1. The lowest BCUT2D eigenvalue weighted by Crippen LogP contribution is -2.28. The fraction of sp³-hybridized carbons (Fsp3) is 0.200. The average Bonchev–Trinajstić information content (AvgIpc) is 2.40. The van der Waals surface area contributed by atoms with Crippen LogP contribution in [0.1, 0.15) is 24.1 Å². The molecule has 1 aromatic heterocycles. The lowest BCUT2D eigenvalue weighted by molar-refractivity contribution is -0.121. The van der Waals surface area contributed by atoms with Gasteiger partial charge >= 0.3 is 0 Å². The zero-order valence-corrected chi connectivity index (χ0v) is 10.3. The maximum absolute atomic E-state index is 11.9. The van der Waals surface area contributed by atoms with Gasteiger partial charge in [-0.05, 0) is 30.2 Å². The number of amides is 1. The molecular formula is C15H16N2O. The van der Waals surface area contributed by atoms with Crippen LogP contribution in [0.3, 0.4) is 0 Å². The van der Waals surface area contributed by atoms with Gasteiger partial charge in [0.15, 0.2) is 0 Å². The predicted octanol–water partition coefficient (Wildman–Crippen LogP) is 2.50. The molecule has 0 bridgehead atoms. The first-order valence-electron chi connectivity index (χ1n) is 5.99. The van der Waals surface area contributed by atoms with Crippen LogP contribution in [0.2, 0.25) is 0 Å². The molecule has 0 aliphatic heterocycles. The molecule has 0 saturated heterocycles. The van der Waals surface area contributed by atoms with E-state index >= 15 is 0 Å². The van der Waals surface area contributed by atoms with Gasteiger partial charge in [0.25, 0.3) is 0 Å². The largest absolute Gasteiger partial charge is 0.349 e. The fourth-order valence-corrected chi connectivity index (χ4v) is 1.80. The molecule has 1 atom stereocenters. The van der Waals surface area contributed by atoms with Gasteiger partial charge in [-0.15, -0.1) is 0 Å². The summed E-state index contributed by atoms with van der Waals surface area (Å²) >= 11 is 0. The summed E-state index contributed by atoms with van der Waals surface area (Å²) < 4.78 is 0. The molecule has 18 heavy (non-hydrogen) atoms. The number of nitrogens with zero attached hydrogens (tertiary/aromatic N) is 1. The Morgan fingerprint density at radius 1 is 1.17 bits per heavy atom. The van der Waals surface area contributed by atoms with Gasteiger partial charge in [0.2, 0.25) is 5.91 Å². The van der Waals surface area contributed by atoms with Crippen molar-refractivity contribution < 1.29 is 4.79 Å². The summed E-state index contributed by atoms with van der Waals surface area (Å²) in [4.78, 5) is 15.8. The molecule has 3 heteroatoms. The van der Waals surface area contributed by atoms with Crippen LogP contribution in [0.5, 0.6) is 0 Å². The number of benzene rings is 1. The second-order valence-corrected chi connectivity index (χ2v) is 4.23. The van der Waals surface area contributed by atoms with Crippen LogP contribution >= 0.6 is 0 Å². The quantitative estimate of drug-likeness (QED) is 0.892. The average molecular weight is 240 g/mol. The molecule has 0 saturated carbocycles. The van der Waals surface area contributed by atoms with Gasteiger partial charge in [0.1, 0.15) is 0 Å². The highest BCUT2D eigenvalue weighted by atomic mass is 16.1. The molecule has 2 aromatic rings. The van der Waals surface area contributed by atoms with Crippen molar-refractivity contribution in [2.45, 2.75) is 19.4 Å². The molecule has 0 aliphatic carbocycles. The summed E-state index contributed by atoms with van der Waals surface area (Å²) in [6.45, 7) is 1.99. The summed E-state index contributed by atoms with van der Waals surface area (Å²) in [7, 11) is 0. The third-order valence-corrected chi connectivity index (χ3v) is 2.79. The molecule has 1 amide bonds. The van der Waals surface area contributed by atoms with E-state index in [0.29, 0.717) is 6.42 Å². The number of nitrogens with one attached hydrogen (secondary N) is 1. The van der Waals surface area contributed by atoms with E-state index in [9.17, 15) is 4.79 Å². The molecule has 3 nitrogen and oxygen atoms in total. The Kier molecular flexibility index (Phi) is 4.07. The van der Waals surface area contributed by atoms with Gasteiger partial charge in [-0.25, -0.2) is 0 Å². The fourth-order valence-electron chi connectivity index (χ4n) is 1.80. The van der Waals surface area contributed by atoms with Crippen molar-refractivity contribution >= 4 is 5.91 Å². The molecule has 0 aliphatic rings. The van der Waals surface area contributed by atoms with Crippen molar-refractivity contribution in [1.82, 2.24) is 10.3 Å². The zero-order valence-electron chi connectivity index (χ0n) is 10.3. The molecule has 1 unspecified atom stereocenters. The van der Waals surface area contributed by atoms with Crippen LogP contribution in [-0.2, 0) is 11.2 Å². The van der Waals surface area contributed by atoms with Gasteiger partial charge < -0.3 is 5.32 Å². The van der Waals surface area contributed by atoms with Gasteiger partial charge in [0.05, 0.1) is 12.5 Å². The highest BCUT2D eigenvalue weighted by Crippen LogP contribution is 2.11. The Hall–Kier alpha value is -2.16. The van der Waals surface area contributed by atoms with Gasteiger partial charge in [-0.3, -0.25) is 9.78 Å². The van der Waals surface area contributed by atoms with Crippen LogP contribution in [0.25, 0.3) is 0 Å². The number of hydrogen-bond donors (Lipinski definition) is 1. The number of hydrogen-bond acceptors (Lipinski definition) is 2. The highest BCUT2D eigenvalue weighted by molar-refractivity contribution is 5.78. The molecule has 1 heterocycles. The first kappa shape index (κ1) is 12.3. The van der Waals surface area contributed by atoms with E-state index in [1.807, 2.05) is 49.4 Å². The predicted molar refractivity (Wildman–Crippen MR) is 70.9 cm³/mol. The molecule has 0 spiro atoms. The summed E-state index contributed by atoms with van der Waals surface area (Å²) in [5.41, 5.74) is 2.09.